The summed E-state index contributed by atoms with van der Waals surface area (Å²) in [4.78, 5) is 11.7. The summed E-state index contributed by atoms with van der Waals surface area (Å²) in [7, 11) is 0. The van der Waals surface area contributed by atoms with E-state index >= 15 is 0 Å². The van der Waals surface area contributed by atoms with Crippen molar-refractivity contribution < 1.29 is 19.7 Å². The zero-order valence-corrected chi connectivity index (χ0v) is 9.90. The SMILES string of the molecule is C=C(O)/C=C1/COC(=O)/C(=C/C(=C)O)C(=C)C1=C. The topological polar surface area (TPSA) is 66.8 Å². The van der Waals surface area contributed by atoms with E-state index in [0.717, 1.165) is 6.08 Å². The van der Waals surface area contributed by atoms with Gasteiger partial charge in [0.25, 0.3) is 0 Å². The highest BCUT2D eigenvalue weighted by Crippen LogP contribution is 2.28. The van der Waals surface area contributed by atoms with Crippen LogP contribution in [0.15, 0.2) is 72.3 Å². The third-order valence-corrected chi connectivity index (χ3v) is 2.31. The molecule has 2 N–H and O–H groups in total. The molecule has 1 saturated heterocycles. The number of aliphatic hydroxyl groups is 2. The minimum Gasteiger partial charge on any atom is -0.509 e. The van der Waals surface area contributed by atoms with Crippen LogP contribution in [0.1, 0.15) is 0 Å². The largest absolute Gasteiger partial charge is 0.509 e. The molecule has 0 saturated carbocycles. The zero-order valence-electron chi connectivity index (χ0n) is 9.90. The quantitative estimate of drug-likeness (QED) is 0.446. The summed E-state index contributed by atoms with van der Waals surface area (Å²) >= 11 is 0. The molecule has 0 aromatic rings. The molecule has 0 amide bonds. The molecule has 1 fully saturated rings. The van der Waals surface area contributed by atoms with Gasteiger partial charge < -0.3 is 14.9 Å². The number of carbonyl (C=O) groups excluding carboxylic acids is 1. The Morgan fingerprint density at radius 3 is 2.17 bits per heavy atom. The summed E-state index contributed by atoms with van der Waals surface area (Å²) in [5, 5.41) is 18.2. The predicted octanol–water partition coefficient (Wildman–Crippen LogP) is 2.65. The standard InChI is InChI=1S/C14H14O4/c1-8(15)5-12-7-18-14(17)13(6-9(2)16)11(4)10(12)3/h5-6,15-16H,1-4,7H2/b12-5-,13-6+. The maximum atomic E-state index is 11.7. The molecule has 4 nitrogen and oxygen atoms in total. The Morgan fingerprint density at radius 2 is 1.67 bits per heavy atom. The number of rotatable bonds is 2. The van der Waals surface area contributed by atoms with Crippen LogP contribution in [-0.4, -0.2) is 22.8 Å². The third kappa shape index (κ3) is 3.01. The summed E-state index contributed by atoms with van der Waals surface area (Å²) in [6.07, 6.45) is 2.50. The lowest BCUT2D eigenvalue weighted by Crippen LogP contribution is -2.06. The second-order valence-electron chi connectivity index (χ2n) is 3.74. The summed E-state index contributed by atoms with van der Waals surface area (Å²) in [5.41, 5.74) is 1.32. The van der Waals surface area contributed by atoms with Gasteiger partial charge in [0.05, 0.1) is 5.57 Å². The summed E-state index contributed by atoms with van der Waals surface area (Å²) in [5.74, 6) is -1.09. The van der Waals surface area contributed by atoms with E-state index in [1.165, 1.54) is 6.08 Å². The second kappa shape index (κ2) is 5.23. The maximum Gasteiger partial charge on any atom is 0.339 e. The van der Waals surface area contributed by atoms with Gasteiger partial charge in [0.2, 0.25) is 0 Å². The van der Waals surface area contributed by atoms with E-state index in [0.29, 0.717) is 16.7 Å². The fraction of sp³-hybridized carbons (Fsp3) is 0.0714. The fourth-order valence-electron chi connectivity index (χ4n) is 1.43. The smallest absolute Gasteiger partial charge is 0.339 e. The minimum atomic E-state index is -0.636. The number of allylic oxidation sites excluding steroid dienone is 2. The predicted molar refractivity (Wildman–Crippen MR) is 68.9 cm³/mol. The third-order valence-electron chi connectivity index (χ3n) is 2.31. The van der Waals surface area contributed by atoms with Gasteiger partial charge in [-0.25, -0.2) is 4.79 Å². The van der Waals surface area contributed by atoms with Crippen molar-refractivity contribution in [3.63, 3.8) is 0 Å². The van der Waals surface area contributed by atoms with E-state index in [4.69, 9.17) is 14.9 Å². The zero-order chi connectivity index (χ0) is 13.9. The summed E-state index contributed by atoms with van der Waals surface area (Å²) in [6, 6.07) is 0. The van der Waals surface area contributed by atoms with E-state index in [2.05, 4.69) is 26.3 Å². The fourth-order valence-corrected chi connectivity index (χ4v) is 1.43. The van der Waals surface area contributed by atoms with E-state index < -0.39 is 5.97 Å². The van der Waals surface area contributed by atoms with Gasteiger partial charge >= 0.3 is 5.97 Å². The van der Waals surface area contributed by atoms with Crippen LogP contribution in [0.3, 0.4) is 0 Å². The van der Waals surface area contributed by atoms with Gasteiger partial charge in [-0.05, 0) is 23.3 Å². The highest BCUT2D eigenvalue weighted by atomic mass is 16.5. The number of hydrogen-bond donors (Lipinski definition) is 2. The van der Waals surface area contributed by atoms with E-state index in [-0.39, 0.29) is 23.7 Å². The molecule has 1 heterocycles. The normalized spacial score (nSPS) is 20.8. The molecule has 0 aliphatic carbocycles. The van der Waals surface area contributed by atoms with Crippen LogP contribution >= 0.6 is 0 Å². The molecule has 0 aromatic heterocycles. The number of aliphatic hydroxyl groups excluding tert-OH is 2. The van der Waals surface area contributed by atoms with Gasteiger partial charge in [-0.15, -0.1) is 0 Å². The molecule has 94 valence electrons. The van der Waals surface area contributed by atoms with Crippen molar-refractivity contribution in [2.45, 2.75) is 0 Å². The molecule has 0 radical (unpaired) electrons. The van der Waals surface area contributed by atoms with Crippen LogP contribution < -0.4 is 0 Å². The molecular formula is C14H14O4. The van der Waals surface area contributed by atoms with Gasteiger partial charge in [0.15, 0.2) is 0 Å². The summed E-state index contributed by atoms with van der Waals surface area (Å²) in [6.45, 7) is 14.0. The highest BCUT2D eigenvalue weighted by Gasteiger charge is 2.24. The van der Waals surface area contributed by atoms with Crippen LogP contribution in [0.2, 0.25) is 0 Å². The first-order chi connectivity index (χ1) is 8.32. The average Bonchev–Trinajstić information content (AvgIpc) is 2.35. The van der Waals surface area contributed by atoms with Crippen LogP contribution in [0.25, 0.3) is 0 Å². The number of ether oxygens (including phenoxy) is 1. The van der Waals surface area contributed by atoms with E-state index in [1.54, 1.807) is 0 Å². The lowest BCUT2D eigenvalue weighted by atomic mass is 9.95. The molecule has 1 rings (SSSR count). The Kier molecular flexibility index (Phi) is 3.94. The first-order valence-electron chi connectivity index (χ1n) is 5.07. The number of hydrogen-bond acceptors (Lipinski definition) is 4. The average molecular weight is 246 g/mol. The molecule has 0 spiro atoms. The van der Waals surface area contributed by atoms with Crippen molar-refractivity contribution >= 4 is 5.97 Å². The molecule has 0 unspecified atom stereocenters. The maximum absolute atomic E-state index is 11.7. The molecule has 1 aliphatic rings. The lowest BCUT2D eigenvalue weighted by Gasteiger charge is -2.07. The van der Waals surface area contributed by atoms with Gasteiger partial charge in [0.1, 0.15) is 18.1 Å². The van der Waals surface area contributed by atoms with Crippen molar-refractivity contribution in [1.29, 1.82) is 0 Å². The number of esters is 1. The van der Waals surface area contributed by atoms with Crippen LogP contribution in [0.4, 0.5) is 0 Å². The van der Waals surface area contributed by atoms with E-state index in [1.807, 2.05) is 0 Å². The Morgan fingerprint density at radius 1 is 1.11 bits per heavy atom. The number of cyclic esters (lactones) is 1. The number of carbonyl (C=O) groups is 1. The van der Waals surface area contributed by atoms with Gasteiger partial charge in [-0.1, -0.05) is 26.3 Å². The van der Waals surface area contributed by atoms with Gasteiger partial charge in [-0.2, -0.15) is 0 Å². The minimum absolute atomic E-state index is 0.0501. The first kappa shape index (κ1) is 13.6. The first-order valence-corrected chi connectivity index (χ1v) is 5.07. The van der Waals surface area contributed by atoms with Crippen molar-refractivity contribution in [2.75, 3.05) is 6.61 Å². The second-order valence-corrected chi connectivity index (χ2v) is 3.74. The molecule has 0 atom stereocenters. The molecule has 18 heavy (non-hydrogen) atoms. The Labute approximate surface area is 105 Å². The Bertz CT molecular complexity index is 518. The van der Waals surface area contributed by atoms with Gasteiger partial charge in [0, 0.05) is 5.57 Å². The van der Waals surface area contributed by atoms with Crippen molar-refractivity contribution in [1.82, 2.24) is 0 Å². The van der Waals surface area contributed by atoms with Crippen molar-refractivity contribution in [3.05, 3.63) is 72.3 Å². The van der Waals surface area contributed by atoms with Crippen LogP contribution in [-0.2, 0) is 9.53 Å². The molecule has 0 bridgehead atoms. The van der Waals surface area contributed by atoms with E-state index in [9.17, 15) is 4.79 Å². The molecule has 0 aromatic carbocycles. The van der Waals surface area contributed by atoms with Crippen LogP contribution in [0.5, 0.6) is 0 Å². The van der Waals surface area contributed by atoms with Crippen molar-refractivity contribution in [2.24, 2.45) is 0 Å². The van der Waals surface area contributed by atoms with Crippen LogP contribution in [0, 0.1) is 0 Å². The molecule has 4 heteroatoms. The highest BCUT2D eigenvalue weighted by molar-refractivity contribution is 5.96. The molecular weight excluding hydrogens is 232 g/mol. The Balaban J connectivity index is 3.23. The monoisotopic (exact) mass is 246 g/mol. The van der Waals surface area contributed by atoms with Crippen molar-refractivity contribution in [3.8, 4) is 0 Å². The summed E-state index contributed by atoms with van der Waals surface area (Å²) < 4.78 is 4.97. The Hall–Kier alpha value is -2.49. The molecule has 1 aliphatic heterocycles. The lowest BCUT2D eigenvalue weighted by molar-refractivity contribution is -0.137. The van der Waals surface area contributed by atoms with Gasteiger partial charge in [-0.3, -0.25) is 0 Å².